The first-order chi connectivity index (χ1) is 7.54. The van der Waals surface area contributed by atoms with Crippen LogP contribution in [0.1, 0.15) is 78.6 Å². The lowest BCUT2D eigenvalue weighted by molar-refractivity contribution is 0.129. The molecule has 1 heteroatoms. The van der Waals surface area contributed by atoms with Crippen molar-refractivity contribution in [1.82, 2.24) is 0 Å². The molecule has 1 saturated carbocycles. The normalized spacial score (nSPS) is 34.7. The number of hydrogen-bond acceptors (Lipinski definition) is 1. The molecule has 16 heavy (non-hydrogen) atoms. The Hall–Kier alpha value is -0.0400. The van der Waals surface area contributed by atoms with Gasteiger partial charge in [-0.3, -0.25) is 0 Å². The van der Waals surface area contributed by atoms with Crippen LogP contribution in [-0.4, -0.2) is 11.2 Å². The average Bonchev–Trinajstić information content (AvgIpc) is 2.25. The highest BCUT2D eigenvalue weighted by Crippen LogP contribution is 2.38. The second kappa shape index (κ2) is 6.64. The minimum Gasteiger partial charge on any atom is -0.393 e. The van der Waals surface area contributed by atoms with Crippen LogP contribution < -0.4 is 0 Å². The zero-order valence-corrected chi connectivity index (χ0v) is 11.5. The molecule has 0 amide bonds. The van der Waals surface area contributed by atoms with E-state index in [4.69, 9.17) is 0 Å². The van der Waals surface area contributed by atoms with Gasteiger partial charge in [-0.2, -0.15) is 0 Å². The first kappa shape index (κ1) is 14.0. The summed E-state index contributed by atoms with van der Waals surface area (Å²) in [6.07, 6.45) is 11.2. The first-order valence-corrected chi connectivity index (χ1v) is 7.23. The molecule has 1 rings (SSSR count). The van der Waals surface area contributed by atoms with Gasteiger partial charge in [0.2, 0.25) is 0 Å². The van der Waals surface area contributed by atoms with Crippen molar-refractivity contribution >= 4 is 0 Å². The van der Waals surface area contributed by atoms with Crippen LogP contribution in [0.15, 0.2) is 0 Å². The highest BCUT2D eigenvalue weighted by molar-refractivity contribution is 4.78. The summed E-state index contributed by atoms with van der Waals surface area (Å²) in [6.45, 7) is 7.16. The molecule has 0 bridgehead atoms. The van der Waals surface area contributed by atoms with E-state index in [1.54, 1.807) is 0 Å². The SMILES string of the molecule is CC(C)C1(C)CCCCCCC(O)CCC1. The fourth-order valence-corrected chi connectivity index (χ4v) is 2.85. The largest absolute Gasteiger partial charge is 0.393 e. The van der Waals surface area contributed by atoms with Crippen molar-refractivity contribution in [3.05, 3.63) is 0 Å². The van der Waals surface area contributed by atoms with Gasteiger partial charge in [0.25, 0.3) is 0 Å². The molecule has 2 unspecified atom stereocenters. The van der Waals surface area contributed by atoms with Crippen molar-refractivity contribution in [2.45, 2.75) is 84.7 Å². The lowest BCUT2D eigenvalue weighted by Crippen LogP contribution is -2.24. The fraction of sp³-hybridized carbons (Fsp3) is 1.00. The molecule has 1 aliphatic rings. The van der Waals surface area contributed by atoms with Crippen LogP contribution in [-0.2, 0) is 0 Å². The molecule has 1 fully saturated rings. The third-order valence-electron chi connectivity index (χ3n) is 4.71. The van der Waals surface area contributed by atoms with Crippen molar-refractivity contribution in [2.24, 2.45) is 11.3 Å². The molecular formula is C15H30O. The molecule has 0 aromatic rings. The lowest BCUT2D eigenvalue weighted by atomic mass is 9.71. The summed E-state index contributed by atoms with van der Waals surface area (Å²) >= 11 is 0. The highest BCUT2D eigenvalue weighted by Gasteiger charge is 2.27. The molecule has 0 saturated heterocycles. The molecule has 1 N–H and O–H groups in total. The van der Waals surface area contributed by atoms with Gasteiger partial charge in [0.05, 0.1) is 6.10 Å². The molecule has 1 aliphatic carbocycles. The number of rotatable bonds is 1. The molecule has 0 heterocycles. The Kier molecular flexibility index (Phi) is 5.82. The quantitative estimate of drug-likeness (QED) is 0.696. The number of aliphatic hydroxyl groups is 1. The van der Waals surface area contributed by atoms with Gasteiger partial charge in [-0.1, -0.05) is 52.9 Å². The molecule has 0 spiro atoms. The van der Waals surface area contributed by atoms with Crippen LogP contribution in [0.4, 0.5) is 0 Å². The van der Waals surface area contributed by atoms with E-state index in [9.17, 15) is 5.11 Å². The van der Waals surface area contributed by atoms with Crippen molar-refractivity contribution in [2.75, 3.05) is 0 Å². The van der Waals surface area contributed by atoms with Crippen molar-refractivity contribution in [1.29, 1.82) is 0 Å². The second-order valence-corrected chi connectivity index (χ2v) is 6.31. The minimum atomic E-state index is -0.0329. The third-order valence-corrected chi connectivity index (χ3v) is 4.71. The Labute approximate surface area is 102 Å². The van der Waals surface area contributed by atoms with E-state index < -0.39 is 0 Å². The average molecular weight is 226 g/mol. The first-order valence-electron chi connectivity index (χ1n) is 7.23. The predicted molar refractivity (Wildman–Crippen MR) is 70.5 cm³/mol. The standard InChI is InChI=1S/C15H30O/c1-13(2)15(3)11-7-5-4-6-9-14(16)10-8-12-15/h13-14,16H,4-12H2,1-3H3. The van der Waals surface area contributed by atoms with Gasteiger partial charge in [0.15, 0.2) is 0 Å². The molecule has 0 aromatic heterocycles. The molecule has 0 radical (unpaired) electrons. The Bertz CT molecular complexity index is 188. The maximum atomic E-state index is 9.83. The Morgan fingerprint density at radius 2 is 1.50 bits per heavy atom. The summed E-state index contributed by atoms with van der Waals surface area (Å²) in [6, 6.07) is 0. The van der Waals surface area contributed by atoms with E-state index in [1.165, 1.54) is 44.9 Å². The van der Waals surface area contributed by atoms with E-state index in [-0.39, 0.29) is 6.10 Å². The Balaban J connectivity index is 2.51. The van der Waals surface area contributed by atoms with Crippen molar-refractivity contribution in [3.63, 3.8) is 0 Å². The van der Waals surface area contributed by atoms with E-state index in [1.807, 2.05) is 0 Å². The lowest BCUT2D eigenvalue weighted by Gasteiger charge is -2.34. The fourth-order valence-electron chi connectivity index (χ4n) is 2.85. The second-order valence-electron chi connectivity index (χ2n) is 6.31. The highest BCUT2D eigenvalue weighted by atomic mass is 16.3. The summed E-state index contributed by atoms with van der Waals surface area (Å²) in [5, 5.41) is 9.83. The van der Waals surface area contributed by atoms with Crippen LogP contribution in [0.5, 0.6) is 0 Å². The van der Waals surface area contributed by atoms with Gasteiger partial charge in [0.1, 0.15) is 0 Å². The summed E-state index contributed by atoms with van der Waals surface area (Å²) in [5.74, 6) is 0.769. The molecule has 1 nitrogen and oxygen atoms in total. The Morgan fingerprint density at radius 3 is 2.19 bits per heavy atom. The topological polar surface area (TPSA) is 20.2 Å². The smallest absolute Gasteiger partial charge is 0.0540 e. The summed E-state index contributed by atoms with van der Waals surface area (Å²) in [4.78, 5) is 0. The van der Waals surface area contributed by atoms with Gasteiger partial charge in [0, 0.05) is 0 Å². The summed E-state index contributed by atoms with van der Waals surface area (Å²) in [5.41, 5.74) is 0.504. The zero-order chi connectivity index (χ0) is 12.0. The van der Waals surface area contributed by atoms with Crippen LogP contribution in [0.3, 0.4) is 0 Å². The molecule has 2 atom stereocenters. The molecule has 0 aromatic carbocycles. The van der Waals surface area contributed by atoms with E-state index in [2.05, 4.69) is 20.8 Å². The minimum absolute atomic E-state index is 0.0329. The maximum absolute atomic E-state index is 9.83. The monoisotopic (exact) mass is 226 g/mol. The molecule has 96 valence electrons. The van der Waals surface area contributed by atoms with Crippen LogP contribution in [0.25, 0.3) is 0 Å². The van der Waals surface area contributed by atoms with Crippen LogP contribution in [0, 0.1) is 11.3 Å². The van der Waals surface area contributed by atoms with Crippen molar-refractivity contribution in [3.8, 4) is 0 Å². The van der Waals surface area contributed by atoms with Crippen LogP contribution in [0.2, 0.25) is 0 Å². The van der Waals surface area contributed by atoms with E-state index in [0.29, 0.717) is 5.41 Å². The van der Waals surface area contributed by atoms with E-state index in [0.717, 1.165) is 18.8 Å². The van der Waals surface area contributed by atoms with Gasteiger partial charge in [-0.05, 0) is 37.0 Å². The number of hydrogen-bond donors (Lipinski definition) is 1. The maximum Gasteiger partial charge on any atom is 0.0540 e. The summed E-state index contributed by atoms with van der Waals surface area (Å²) in [7, 11) is 0. The third kappa shape index (κ3) is 4.45. The Morgan fingerprint density at radius 1 is 0.938 bits per heavy atom. The van der Waals surface area contributed by atoms with Gasteiger partial charge in [-0.25, -0.2) is 0 Å². The van der Waals surface area contributed by atoms with Crippen LogP contribution >= 0.6 is 0 Å². The van der Waals surface area contributed by atoms with Gasteiger partial charge >= 0.3 is 0 Å². The predicted octanol–water partition coefficient (Wildman–Crippen LogP) is 4.53. The number of aliphatic hydroxyl groups excluding tert-OH is 1. The molecule has 0 aliphatic heterocycles. The van der Waals surface area contributed by atoms with Gasteiger partial charge < -0.3 is 5.11 Å². The van der Waals surface area contributed by atoms with E-state index >= 15 is 0 Å². The zero-order valence-electron chi connectivity index (χ0n) is 11.5. The van der Waals surface area contributed by atoms with Gasteiger partial charge in [-0.15, -0.1) is 0 Å². The molecular weight excluding hydrogens is 196 g/mol. The summed E-state index contributed by atoms with van der Waals surface area (Å²) < 4.78 is 0. The van der Waals surface area contributed by atoms with Crippen molar-refractivity contribution < 1.29 is 5.11 Å².